The molecule has 0 aliphatic heterocycles. The Balaban J connectivity index is 1.64. The zero-order chi connectivity index (χ0) is 17.5. The summed E-state index contributed by atoms with van der Waals surface area (Å²) in [4.78, 5) is 4.68. The lowest BCUT2D eigenvalue weighted by Gasteiger charge is -2.54. The van der Waals surface area contributed by atoms with Crippen molar-refractivity contribution in [3.63, 3.8) is 0 Å². The molecule has 2 saturated carbocycles. The van der Waals surface area contributed by atoms with Gasteiger partial charge in [-0.15, -0.1) is 6.58 Å². The van der Waals surface area contributed by atoms with E-state index in [1.807, 2.05) is 30.5 Å². The highest BCUT2D eigenvalue weighted by Gasteiger charge is 2.63. The van der Waals surface area contributed by atoms with Crippen LogP contribution in [0.1, 0.15) is 70.6 Å². The quantitative estimate of drug-likeness (QED) is 0.588. The normalized spacial score (nSPS) is 43.7. The highest BCUT2D eigenvalue weighted by Crippen LogP contribution is 2.60. The minimum atomic E-state index is -0.943. The summed E-state index contributed by atoms with van der Waals surface area (Å²) in [5.41, 5.74) is 2.46. The molecule has 138 valence electrons. The smallest absolute Gasteiger partial charge is 0.174 e. The Kier molecular flexibility index (Phi) is 4.66. The first-order valence-electron chi connectivity index (χ1n) is 10.4. The summed E-state index contributed by atoms with van der Waals surface area (Å²) in [7, 11) is 2.04. The van der Waals surface area contributed by atoms with Gasteiger partial charge in [0, 0.05) is 12.6 Å². The molecule has 5 atom stereocenters. The first-order valence-corrected chi connectivity index (χ1v) is 10.4. The number of hydrogen-bond donors (Lipinski definition) is 2. The Morgan fingerprint density at radius 2 is 2.04 bits per heavy atom. The van der Waals surface area contributed by atoms with Crippen LogP contribution in [0.25, 0.3) is 0 Å². The number of nitrogens with zero attached hydrogens (tertiary/aromatic N) is 1. The molecule has 3 nitrogen and oxygen atoms in total. The molecule has 0 aromatic carbocycles. The van der Waals surface area contributed by atoms with Crippen molar-refractivity contribution in [1.29, 1.82) is 0 Å². The van der Waals surface area contributed by atoms with Gasteiger partial charge in [-0.3, -0.25) is 4.99 Å². The molecular formula is C22H34N2O. The van der Waals surface area contributed by atoms with Gasteiger partial charge >= 0.3 is 0 Å². The molecule has 2 N–H and O–H groups in total. The molecule has 4 aliphatic rings. The van der Waals surface area contributed by atoms with Gasteiger partial charge in [0.1, 0.15) is 0 Å². The number of fused-ring (bicyclic) bond motifs is 4. The molecule has 0 aromatic heterocycles. The van der Waals surface area contributed by atoms with E-state index < -0.39 is 5.72 Å². The lowest BCUT2D eigenvalue weighted by Crippen LogP contribution is -2.65. The largest absolute Gasteiger partial charge is 0.368 e. The summed E-state index contributed by atoms with van der Waals surface area (Å²) < 4.78 is 0. The molecule has 3 heteroatoms. The lowest BCUT2D eigenvalue weighted by molar-refractivity contribution is -0.0709. The molecule has 25 heavy (non-hydrogen) atoms. The second-order valence-corrected chi connectivity index (χ2v) is 8.70. The zero-order valence-corrected chi connectivity index (χ0v) is 15.8. The van der Waals surface area contributed by atoms with Crippen molar-refractivity contribution in [2.45, 2.75) is 81.9 Å². The van der Waals surface area contributed by atoms with Crippen LogP contribution in [0.5, 0.6) is 0 Å². The fourth-order valence-electron chi connectivity index (χ4n) is 6.83. The second kappa shape index (κ2) is 6.66. The number of aliphatic hydroxyl groups is 1. The van der Waals surface area contributed by atoms with E-state index in [0.717, 1.165) is 37.5 Å². The summed E-state index contributed by atoms with van der Waals surface area (Å²) in [6, 6.07) is 0. The minimum absolute atomic E-state index is 0.238. The van der Waals surface area contributed by atoms with Gasteiger partial charge in [-0.1, -0.05) is 17.2 Å². The van der Waals surface area contributed by atoms with E-state index >= 15 is 0 Å². The summed E-state index contributed by atoms with van der Waals surface area (Å²) in [6.07, 6.45) is 16.7. The molecule has 4 aliphatic carbocycles. The van der Waals surface area contributed by atoms with Gasteiger partial charge in [0.2, 0.25) is 0 Å². The highest BCUT2D eigenvalue weighted by atomic mass is 16.3. The van der Waals surface area contributed by atoms with E-state index in [-0.39, 0.29) is 5.54 Å². The Morgan fingerprint density at radius 3 is 2.84 bits per heavy atom. The van der Waals surface area contributed by atoms with Crippen molar-refractivity contribution in [3.05, 3.63) is 23.8 Å². The predicted octanol–water partition coefficient (Wildman–Crippen LogP) is 4.38. The van der Waals surface area contributed by atoms with Crippen LogP contribution >= 0.6 is 0 Å². The Hall–Kier alpha value is -0.930. The minimum Gasteiger partial charge on any atom is -0.368 e. The summed E-state index contributed by atoms with van der Waals surface area (Å²) in [6.45, 7) is 3.77. The number of allylic oxidation sites excluding steroid dienone is 3. The van der Waals surface area contributed by atoms with Gasteiger partial charge < -0.3 is 10.4 Å². The van der Waals surface area contributed by atoms with Crippen molar-refractivity contribution in [2.75, 3.05) is 7.05 Å². The summed E-state index contributed by atoms with van der Waals surface area (Å²) in [5, 5.41) is 15.1. The molecule has 5 unspecified atom stereocenters. The third kappa shape index (κ3) is 2.57. The highest BCUT2D eigenvalue weighted by molar-refractivity contribution is 5.60. The van der Waals surface area contributed by atoms with Crippen LogP contribution in [0.3, 0.4) is 0 Å². The van der Waals surface area contributed by atoms with Gasteiger partial charge in [0.05, 0.1) is 5.54 Å². The van der Waals surface area contributed by atoms with Gasteiger partial charge in [-0.05, 0) is 89.0 Å². The summed E-state index contributed by atoms with van der Waals surface area (Å²) in [5.74, 6) is 2.08. The van der Waals surface area contributed by atoms with Crippen LogP contribution in [0, 0.1) is 17.8 Å². The number of hydrogen-bond acceptors (Lipinski definition) is 3. The average Bonchev–Trinajstić information content (AvgIpc) is 2.95. The third-order valence-electron chi connectivity index (χ3n) is 7.91. The van der Waals surface area contributed by atoms with E-state index in [0.29, 0.717) is 5.92 Å². The Bertz CT molecular complexity index is 595. The maximum atomic E-state index is 11.5. The van der Waals surface area contributed by atoms with Crippen molar-refractivity contribution < 1.29 is 5.11 Å². The fourth-order valence-corrected chi connectivity index (χ4v) is 6.83. The Labute approximate surface area is 152 Å². The van der Waals surface area contributed by atoms with E-state index in [4.69, 9.17) is 0 Å². The SMILES string of the molecule is C=CCC=NC1(O)CCC2C3CCC4=C(CCCC4)C3CCC21NC. The van der Waals surface area contributed by atoms with E-state index in [1.165, 1.54) is 44.9 Å². The van der Waals surface area contributed by atoms with E-state index in [2.05, 4.69) is 16.9 Å². The molecule has 2 fully saturated rings. The molecule has 4 rings (SSSR count). The van der Waals surface area contributed by atoms with Crippen LogP contribution in [-0.4, -0.2) is 29.6 Å². The van der Waals surface area contributed by atoms with Crippen molar-refractivity contribution in [3.8, 4) is 0 Å². The standard InChI is InChI=1S/C22H34N2O/c1-3-4-15-24-22(25)14-12-20-19-10-9-16-7-5-6-8-17(16)18(19)11-13-21(20,22)23-2/h3,15,18-20,23,25H,1,4-14H2,2H3. The third-order valence-corrected chi connectivity index (χ3v) is 7.91. The van der Waals surface area contributed by atoms with Crippen LogP contribution in [0.15, 0.2) is 28.8 Å². The molecule has 0 radical (unpaired) electrons. The van der Waals surface area contributed by atoms with Gasteiger partial charge in [-0.2, -0.15) is 0 Å². The maximum Gasteiger partial charge on any atom is 0.174 e. The van der Waals surface area contributed by atoms with Crippen LogP contribution in [0.2, 0.25) is 0 Å². The van der Waals surface area contributed by atoms with E-state index in [1.54, 1.807) is 0 Å². The average molecular weight is 343 g/mol. The molecule has 0 amide bonds. The fraction of sp³-hybridized carbons (Fsp3) is 0.773. The monoisotopic (exact) mass is 342 g/mol. The second-order valence-electron chi connectivity index (χ2n) is 8.70. The lowest BCUT2D eigenvalue weighted by atomic mass is 9.56. The molecule has 0 saturated heterocycles. The molecular weight excluding hydrogens is 308 g/mol. The van der Waals surface area contributed by atoms with Gasteiger partial charge in [0.25, 0.3) is 0 Å². The van der Waals surface area contributed by atoms with E-state index in [9.17, 15) is 5.11 Å². The first kappa shape index (κ1) is 17.5. The van der Waals surface area contributed by atoms with Gasteiger partial charge in [-0.25, -0.2) is 0 Å². The van der Waals surface area contributed by atoms with Crippen LogP contribution in [0.4, 0.5) is 0 Å². The molecule has 0 aromatic rings. The van der Waals surface area contributed by atoms with Crippen molar-refractivity contribution in [1.82, 2.24) is 5.32 Å². The number of aliphatic imine (C=N–C) groups is 1. The van der Waals surface area contributed by atoms with Crippen LogP contribution < -0.4 is 5.32 Å². The predicted molar refractivity (Wildman–Crippen MR) is 104 cm³/mol. The topological polar surface area (TPSA) is 44.6 Å². The zero-order valence-electron chi connectivity index (χ0n) is 15.8. The van der Waals surface area contributed by atoms with Crippen LogP contribution in [-0.2, 0) is 0 Å². The first-order chi connectivity index (χ1) is 12.1. The van der Waals surface area contributed by atoms with Crippen molar-refractivity contribution >= 4 is 6.21 Å². The Morgan fingerprint density at radius 1 is 1.20 bits per heavy atom. The van der Waals surface area contributed by atoms with Gasteiger partial charge in [0.15, 0.2) is 5.72 Å². The number of likely N-dealkylation sites (N-methyl/N-ethyl adjacent to an activating group) is 1. The van der Waals surface area contributed by atoms with Crippen molar-refractivity contribution in [2.24, 2.45) is 22.7 Å². The maximum absolute atomic E-state index is 11.5. The summed E-state index contributed by atoms with van der Waals surface area (Å²) >= 11 is 0. The molecule has 0 heterocycles. The molecule has 0 bridgehead atoms. The molecule has 0 spiro atoms. The number of rotatable bonds is 4. The number of nitrogens with one attached hydrogen (secondary N) is 1.